The summed E-state index contributed by atoms with van der Waals surface area (Å²) >= 11 is 0. The van der Waals surface area contributed by atoms with Crippen molar-refractivity contribution in [3.8, 4) is 5.75 Å². The highest BCUT2D eigenvalue weighted by Crippen LogP contribution is 2.29. The number of benzene rings is 1. The van der Waals surface area contributed by atoms with Gasteiger partial charge in [-0.2, -0.15) is 0 Å². The van der Waals surface area contributed by atoms with Gasteiger partial charge in [-0.1, -0.05) is 31.2 Å². The first-order valence-electron chi connectivity index (χ1n) is 7.59. The van der Waals surface area contributed by atoms with Crippen LogP contribution in [0.1, 0.15) is 23.7 Å². The number of pyridine rings is 1. The molecular formula is C18H21NO2. The van der Waals surface area contributed by atoms with Crippen LogP contribution in [0.3, 0.4) is 0 Å². The number of aryl methyl sites for hydroxylation is 1. The van der Waals surface area contributed by atoms with Gasteiger partial charge in [-0.25, -0.2) is 0 Å². The van der Waals surface area contributed by atoms with Crippen molar-refractivity contribution in [3.05, 3.63) is 59.4 Å². The zero-order valence-electron chi connectivity index (χ0n) is 12.3. The summed E-state index contributed by atoms with van der Waals surface area (Å²) in [7, 11) is 0. The number of fused-ring (bicyclic) bond motifs is 1. The third kappa shape index (κ3) is 3.24. The Kier molecular flexibility index (Phi) is 4.20. The van der Waals surface area contributed by atoms with E-state index in [-0.39, 0.29) is 5.92 Å². The topological polar surface area (TPSA) is 42.4 Å². The summed E-state index contributed by atoms with van der Waals surface area (Å²) < 4.78 is 5.75. The van der Waals surface area contributed by atoms with Gasteiger partial charge in [0.15, 0.2) is 0 Å². The summed E-state index contributed by atoms with van der Waals surface area (Å²) in [6, 6.07) is 12.2. The highest BCUT2D eigenvalue weighted by molar-refractivity contribution is 5.35. The van der Waals surface area contributed by atoms with Crippen molar-refractivity contribution >= 4 is 0 Å². The molecule has 0 bridgehead atoms. The minimum atomic E-state index is -0.418. The lowest BCUT2D eigenvalue weighted by atomic mass is 9.90. The second-order valence-corrected chi connectivity index (χ2v) is 5.67. The van der Waals surface area contributed by atoms with Crippen LogP contribution < -0.4 is 4.74 Å². The minimum absolute atomic E-state index is 0.132. The molecule has 2 atom stereocenters. The molecule has 1 aliphatic rings. The summed E-state index contributed by atoms with van der Waals surface area (Å²) in [6.07, 6.45) is 3.92. The number of aliphatic hydroxyl groups excluding tert-OH is 1. The van der Waals surface area contributed by atoms with E-state index in [0.29, 0.717) is 13.0 Å². The van der Waals surface area contributed by atoms with Crippen LogP contribution in [0.4, 0.5) is 0 Å². The lowest BCUT2D eigenvalue weighted by Crippen LogP contribution is -2.33. The first-order valence-corrected chi connectivity index (χ1v) is 7.59. The Morgan fingerprint density at radius 3 is 2.90 bits per heavy atom. The standard InChI is InChI=1S/C18H21NO2/c1-2-13-7-8-16(19-11-13)10-17(20)15-9-14-5-3-4-6-18(14)21-12-15/h3-8,11,15,17,20H,2,9-10,12H2,1H3. The van der Waals surface area contributed by atoms with Crippen LogP contribution in [0.15, 0.2) is 42.6 Å². The van der Waals surface area contributed by atoms with Crippen molar-refractivity contribution in [2.75, 3.05) is 6.61 Å². The van der Waals surface area contributed by atoms with Crippen molar-refractivity contribution in [2.45, 2.75) is 32.3 Å². The molecule has 2 heterocycles. The largest absolute Gasteiger partial charge is 0.493 e. The van der Waals surface area contributed by atoms with Gasteiger partial charge in [-0.15, -0.1) is 0 Å². The first-order chi connectivity index (χ1) is 10.3. The fourth-order valence-electron chi connectivity index (χ4n) is 2.76. The second kappa shape index (κ2) is 6.27. The maximum Gasteiger partial charge on any atom is 0.122 e. The summed E-state index contributed by atoms with van der Waals surface area (Å²) in [4.78, 5) is 4.43. The highest BCUT2D eigenvalue weighted by atomic mass is 16.5. The Hall–Kier alpha value is -1.87. The number of hydrogen-bond donors (Lipinski definition) is 1. The van der Waals surface area contributed by atoms with Gasteiger partial charge in [0.05, 0.1) is 12.7 Å². The quantitative estimate of drug-likeness (QED) is 0.938. The molecular weight excluding hydrogens is 262 g/mol. The number of ether oxygens (including phenoxy) is 1. The predicted octanol–water partition coefficient (Wildman–Crippen LogP) is 2.80. The zero-order chi connectivity index (χ0) is 14.7. The molecule has 3 heteroatoms. The summed E-state index contributed by atoms with van der Waals surface area (Å²) in [5.41, 5.74) is 3.35. The highest BCUT2D eigenvalue weighted by Gasteiger charge is 2.26. The van der Waals surface area contributed by atoms with Gasteiger partial charge in [0.25, 0.3) is 0 Å². The maximum absolute atomic E-state index is 10.5. The van der Waals surface area contributed by atoms with E-state index in [1.54, 1.807) is 0 Å². The molecule has 1 aromatic heterocycles. The van der Waals surface area contributed by atoms with Gasteiger partial charge < -0.3 is 9.84 Å². The van der Waals surface area contributed by atoms with E-state index >= 15 is 0 Å². The van der Waals surface area contributed by atoms with Gasteiger partial charge in [0, 0.05) is 24.2 Å². The Morgan fingerprint density at radius 2 is 2.14 bits per heavy atom. The molecule has 0 fully saturated rings. The van der Waals surface area contributed by atoms with Crippen molar-refractivity contribution in [3.63, 3.8) is 0 Å². The smallest absolute Gasteiger partial charge is 0.122 e. The van der Waals surface area contributed by atoms with Gasteiger partial charge in [0.2, 0.25) is 0 Å². The average molecular weight is 283 g/mol. The molecule has 0 spiro atoms. The van der Waals surface area contributed by atoms with E-state index in [2.05, 4.69) is 24.0 Å². The molecule has 2 aromatic rings. The first kappa shape index (κ1) is 14.1. The molecule has 1 aromatic carbocycles. The second-order valence-electron chi connectivity index (χ2n) is 5.67. The minimum Gasteiger partial charge on any atom is -0.493 e. The monoisotopic (exact) mass is 283 g/mol. The molecule has 21 heavy (non-hydrogen) atoms. The number of hydrogen-bond acceptors (Lipinski definition) is 3. The Balaban J connectivity index is 1.64. The molecule has 0 saturated carbocycles. The van der Waals surface area contributed by atoms with Crippen molar-refractivity contribution in [2.24, 2.45) is 5.92 Å². The van der Waals surface area contributed by atoms with Crippen LogP contribution in [0.25, 0.3) is 0 Å². The molecule has 110 valence electrons. The molecule has 1 N–H and O–H groups in total. The Morgan fingerprint density at radius 1 is 1.29 bits per heavy atom. The van der Waals surface area contributed by atoms with E-state index in [9.17, 15) is 5.11 Å². The summed E-state index contributed by atoms with van der Waals surface area (Å²) in [5.74, 6) is 1.08. The normalized spacial score (nSPS) is 18.7. The van der Waals surface area contributed by atoms with Crippen LogP contribution in [0, 0.1) is 5.92 Å². The van der Waals surface area contributed by atoms with Crippen molar-refractivity contribution in [1.29, 1.82) is 0 Å². The maximum atomic E-state index is 10.5. The molecule has 0 radical (unpaired) electrons. The van der Waals surface area contributed by atoms with Crippen molar-refractivity contribution < 1.29 is 9.84 Å². The van der Waals surface area contributed by atoms with Crippen LogP contribution in [0.2, 0.25) is 0 Å². The van der Waals surface area contributed by atoms with Crippen LogP contribution >= 0.6 is 0 Å². The SMILES string of the molecule is CCc1ccc(CC(O)C2COc3ccccc3C2)nc1. The molecule has 3 rings (SSSR count). The fraction of sp³-hybridized carbons (Fsp3) is 0.389. The van der Waals surface area contributed by atoms with Gasteiger partial charge >= 0.3 is 0 Å². The molecule has 0 amide bonds. The lowest BCUT2D eigenvalue weighted by molar-refractivity contribution is 0.0646. The van der Waals surface area contributed by atoms with Gasteiger partial charge in [-0.3, -0.25) is 4.98 Å². The Bertz CT molecular complexity index is 594. The Labute approximate surface area is 125 Å². The van der Waals surface area contributed by atoms with Gasteiger partial charge in [-0.05, 0) is 36.1 Å². The van der Waals surface area contributed by atoms with E-state index in [0.717, 1.165) is 24.3 Å². The average Bonchev–Trinajstić information content (AvgIpc) is 2.55. The summed E-state index contributed by atoms with van der Waals surface area (Å²) in [6.45, 7) is 2.69. The lowest BCUT2D eigenvalue weighted by Gasteiger charge is -2.28. The number of para-hydroxylation sites is 1. The van der Waals surface area contributed by atoms with E-state index in [1.165, 1.54) is 11.1 Å². The number of aliphatic hydroxyl groups is 1. The van der Waals surface area contributed by atoms with Crippen LogP contribution in [-0.2, 0) is 19.3 Å². The fourth-order valence-corrected chi connectivity index (χ4v) is 2.76. The number of nitrogens with zero attached hydrogens (tertiary/aromatic N) is 1. The van der Waals surface area contributed by atoms with E-state index in [4.69, 9.17) is 4.74 Å². The van der Waals surface area contributed by atoms with Gasteiger partial charge in [0.1, 0.15) is 5.75 Å². The summed E-state index contributed by atoms with van der Waals surface area (Å²) in [5, 5.41) is 10.5. The third-order valence-corrected chi connectivity index (χ3v) is 4.16. The molecule has 1 aliphatic heterocycles. The van der Waals surface area contributed by atoms with E-state index < -0.39 is 6.10 Å². The molecule has 3 nitrogen and oxygen atoms in total. The molecule has 2 unspecified atom stereocenters. The molecule has 0 saturated heterocycles. The number of rotatable bonds is 4. The number of aromatic nitrogens is 1. The van der Waals surface area contributed by atoms with Crippen LogP contribution in [-0.4, -0.2) is 22.8 Å². The molecule has 0 aliphatic carbocycles. The van der Waals surface area contributed by atoms with Crippen molar-refractivity contribution in [1.82, 2.24) is 4.98 Å². The van der Waals surface area contributed by atoms with Crippen LogP contribution in [0.5, 0.6) is 5.75 Å². The van der Waals surface area contributed by atoms with E-state index in [1.807, 2.05) is 30.5 Å². The zero-order valence-corrected chi connectivity index (χ0v) is 12.3. The third-order valence-electron chi connectivity index (χ3n) is 4.16. The predicted molar refractivity (Wildman–Crippen MR) is 82.5 cm³/mol.